The van der Waals surface area contributed by atoms with E-state index in [9.17, 15) is 19.7 Å². The number of nitrogens with one attached hydrogen (secondary N) is 2. The minimum atomic E-state index is -0.890. The number of nitro benzene ring substituents is 1. The number of anilines is 1. The molecule has 0 aliphatic heterocycles. The Hall–Kier alpha value is -3.20. The summed E-state index contributed by atoms with van der Waals surface area (Å²) in [5, 5.41) is 15.9. The molecular weight excluding hydrogens is 364 g/mol. The van der Waals surface area contributed by atoms with Gasteiger partial charge in [0, 0.05) is 17.7 Å². The van der Waals surface area contributed by atoms with Crippen LogP contribution in [0.5, 0.6) is 5.88 Å². The number of nitro groups is 1. The summed E-state index contributed by atoms with van der Waals surface area (Å²) in [5.41, 5.74) is 0.0617. The third-order valence-electron chi connectivity index (χ3n) is 3.36. The molecule has 0 aliphatic rings. The van der Waals surface area contributed by atoms with Crippen molar-refractivity contribution in [2.24, 2.45) is 0 Å². The summed E-state index contributed by atoms with van der Waals surface area (Å²) in [6.07, 6.45) is 1.41. The van der Waals surface area contributed by atoms with Crippen LogP contribution in [0, 0.1) is 10.1 Å². The number of methoxy groups -OCH3 is 1. The van der Waals surface area contributed by atoms with Crippen LogP contribution in [-0.2, 0) is 4.79 Å². The standard InChI is InChI=1S/C16H15ClN4O5/c1-9(15(22)20-11-4-6-14(26-2)18-8-11)19-16(23)10-3-5-12(17)13(7-10)21(24)25/h3-9H,1-2H3,(H,19,23)(H,20,22)/t9-/m0/s1. The molecule has 0 bridgehead atoms. The topological polar surface area (TPSA) is 123 Å². The Morgan fingerprint density at radius 2 is 2.04 bits per heavy atom. The Labute approximate surface area is 153 Å². The summed E-state index contributed by atoms with van der Waals surface area (Å²) in [6.45, 7) is 1.48. The fraction of sp³-hybridized carbons (Fsp3) is 0.188. The van der Waals surface area contributed by atoms with Crippen LogP contribution in [0.4, 0.5) is 11.4 Å². The Morgan fingerprint density at radius 3 is 2.62 bits per heavy atom. The van der Waals surface area contributed by atoms with Crippen LogP contribution < -0.4 is 15.4 Å². The van der Waals surface area contributed by atoms with Gasteiger partial charge in [-0.2, -0.15) is 0 Å². The summed E-state index contributed by atoms with van der Waals surface area (Å²) in [7, 11) is 1.47. The number of carbonyl (C=O) groups is 2. The molecule has 1 aromatic heterocycles. The zero-order valence-corrected chi connectivity index (χ0v) is 14.6. The maximum atomic E-state index is 12.2. The number of aromatic nitrogens is 1. The van der Waals surface area contributed by atoms with Gasteiger partial charge < -0.3 is 15.4 Å². The molecule has 1 aromatic carbocycles. The number of rotatable bonds is 6. The number of amides is 2. The van der Waals surface area contributed by atoms with Crippen molar-refractivity contribution in [3.8, 4) is 5.88 Å². The molecule has 0 fully saturated rings. The van der Waals surface area contributed by atoms with E-state index < -0.39 is 22.8 Å². The Bertz CT molecular complexity index is 841. The molecule has 0 saturated heterocycles. The quantitative estimate of drug-likeness (QED) is 0.587. The van der Waals surface area contributed by atoms with Gasteiger partial charge in [-0.05, 0) is 25.1 Å². The number of nitrogens with zero attached hydrogens (tertiary/aromatic N) is 2. The molecule has 0 radical (unpaired) electrons. The fourth-order valence-electron chi connectivity index (χ4n) is 1.96. The van der Waals surface area contributed by atoms with E-state index in [2.05, 4.69) is 15.6 Å². The van der Waals surface area contributed by atoms with Gasteiger partial charge in [0.15, 0.2) is 0 Å². The van der Waals surface area contributed by atoms with Crippen LogP contribution in [0.1, 0.15) is 17.3 Å². The molecule has 2 aromatic rings. The first-order chi connectivity index (χ1) is 12.3. The molecule has 0 saturated carbocycles. The van der Waals surface area contributed by atoms with Gasteiger partial charge in [-0.1, -0.05) is 11.6 Å². The molecule has 0 aliphatic carbocycles. The number of benzene rings is 1. The lowest BCUT2D eigenvalue weighted by molar-refractivity contribution is -0.384. The molecule has 136 valence electrons. The highest BCUT2D eigenvalue weighted by molar-refractivity contribution is 6.32. The normalized spacial score (nSPS) is 11.3. The molecule has 10 heteroatoms. The lowest BCUT2D eigenvalue weighted by Crippen LogP contribution is -2.41. The molecule has 2 amide bonds. The van der Waals surface area contributed by atoms with E-state index in [-0.39, 0.29) is 16.3 Å². The summed E-state index contributed by atoms with van der Waals surface area (Å²) < 4.78 is 4.92. The van der Waals surface area contributed by atoms with Crippen LogP contribution in [0.3, 0.4) is 0 Å². The van der Waals surface area contributed by atoms with Crippen molar-refractivity contribution in [1.29, 1.82) is 0 Å². The molecule has 2 N–H and O–H groups in total. The molecule has 9 nitrogen and oxygen atoms in total. The Balaban J connectivity index is 2.02. The lowest BCUT2D eigenvalue weighted by Gasteiger charge is -2.14. The first-order valence-corrected chi connectivity index (χ1v) is 7.75. The smallest absolute Gasteiger partial charge is 0.288 e. The highest BCUT2D eigenvalue weighted by Crippen LogP contribution is 2.25. The van der Waals surface area contributed by atoms with Gasteiger partial charge in [0.05, 0.1) is 23.9 Å². The van der Waals surface area contributed by atoms with E-state index in [0.29, 0.717) is 11.6 Å². The molecule has 0 spiro atoms. The number of hydrogen-bond donors (Lipinski definition) is 2. The molecule has 26 heavy (non-hydrogen) atoms. The zero-order chi connectivity index (χ0) is 19.3. The van der Waals surface area contributed by atoms with Crippen molar-refractivity contribution in [3.63, 3.8) is 0 Å². The first-order valence-electron chi connectivity index (χ1n) is 7.37. The highest BCUT2D eigenvalue weighted by Gasteiger charge is 2.20. The van der Waals surface area contributed by atoms with E-state index >= 15 is 0 Å². The predicted molar refractivity (Wildman–Crippen MR) is 94.5 cm³/mol. The van der Waals surface area contributed by atoms with Crippen molar-refractivity contribution < 1.29 is 19.2 Å². The average molecular weight is 379 g/mol. The lowest BCUT2D eigenvalue weighted by atomic mass is 10.1. The molecule has 1 atom stereocenters. The van der Waals surface area contributed by atoms with E-state index in [1.807, 2.05) is 0 Å². The Morgan fingerprint density at radius 1 is 1.31 bits per heavy atom. The summed E-state index contributed by atoms with van der Waals surface area (Å²) in [4.78, 5) is 38.5. The van der Waals surface area contributed by atoms with Gasteiger partial charge in [0.2, 0.25) is 11.8 Å². The minimum absolute atomic E-state index is 0.0202. The zero-order valence-electron chi connectivity index (χ0n) is 13.9. The van der Waals surface area contributed by atoms with E-state index in [4.69, 9.17) is 16.3 Å². The van der Waals surface area contributed by atoms with Gasteiger partial charge in [0.1, 0.15) is 11.1 Å². The number of ether oxygens (including phenoxy) is 1. The number of carbonyl (C=O) groups excluding carboxylic acids is 2. The average Bonchev–Trinajstić information content (AvgIpc) is 2.62. The second kappa shape index (κ2) is 8.26. The van der Waals surface area contributed by atoms with Crippen molar-refractivity contribution >= 4 is 34.8 Å². The summed E-state index contributed by atoms with van der Waals surface area (Å²) in [6, 6.07) is 5.92. The van der Waals surface area contributed by atoms with Crippen LogP contribution in [0.25, 0.3) is 0 Å². The van der Waals surface area contributed by atoms with Crippen LogP contribution in [-0.4, -0.2) is 34.9 Å². The minimum Gasteiger partial charge on any atom is -0.481 e. The highest BCUT2D eigenvalue weighted by atomic mass is 35.5. The van der Waals surface area contributed by atoms with E-state index in [1.165, 1.54) is 32.4 Å². The van der Waals surface area contributed by atoms with Gasteiger partial charge in [-0.25, -0.2) is 4.98 Å². The fourth-order valence-corrected chi connectivity index (χ4v) is 2.15. The van der Waals surface area contributed by atoms with Crippen molar-refractivity contribution in [2.45, 2.75) is 13.0 Å². The first kappa shape index (κ1) is 19.1. The van der Waals surface area contributed by atoms with Gasteiger partial charge in [-0.3, -0.25) is 19.7 Å². The summed E-state index contributed by atoms with van der Waals surface area (Å²) >= 11 is 5.71. The van der Waals surface area contributed by atoms with Crippen LogP contribution >= 0.6 is 11.6 Å². The van der Waals surface area contributed by atoms with Crippen molar-refractivity contribution in [3.05, 3.63) is 57.2 Å². The SMILES string of the molecule is COc1ccc(NC(=O)[C@H](C)NC(=O)c2ccc(Cl)c([N+](=O)[O-])c2)cn1. The maximum Gasteiger partial charge on any atom is 0.288 e. The monoisotopic (exact) mass is 378 g/mol. The predicted octanol–water partition coefficient (Wildman–Crippen LogP) is 2.41. The molecular formula is C16H15ClN4O5. The maximum absolute atomic E-state index is 12.2. The second-order valence-corrected chi connectivity index (χ2v) is 5.60. The van der Waals surface area contributed by atoms with Crippen LogP contribution in [0.2, 0.25) is 5.02 Å². The van der Waals surface area contributed by atoms with Crippen molar-refractivity contribution in [1.82, 2.24) is 10.3 Å². The Kier molecular flexibility index (Phi) is 6.07. The van der Waals surface area contributed by atoms with Crippen LogP contribution in [0.15, 0.2) is 36.5 Å². The van der Waals surface area contributed by atoms with Gasteiger partial charge in [0.25, 0.3) is 11.6 Å². The van der Waals surface area contributed by atoms with Crippen molar-refractivity contribution in [2.75, 3.05) is 12.4 Å². The second-order valence-electron chi connectivity index (χ2n) is 5.20. The largest absolute Gasteiger partial charge is 0.481 e. The van der Waals surface area contributed by atoms with E-state index in [0.717, 1.165) is 6.07 Å². The third kappa shape index (κ3) is 4.67. The molecule has 1 heterocycles. The van der Waals surface area contributed by atoms with Gasteiger partial charge >= 0.3 is 0 Å². The number of pyridine rings is 1. The molecule has 0 unspecified atom stereocenters. The summed E-state index contributed by atoms with van der Waals surface area (Å²) in [5.74, 6) is -0.720. The van der Waals surface area contributed by atoms with Gasteiger partial charge in [-0.15, -0.1) is 0 Å². The number of hydrogen-bond acceptors (Lipinski definition) is 6. The molecule has 2 rings (SSSR count). The van der Waals surface area contributed by atoms with E-state index in [1.54, 1.807) is 12.1 Å². The number of halogens is 1. The third-order valence-corrected chi connectivity index (χ3v) is 3.68.